The van der Waals surface area contributed by atoms with E-state index in [1.54, 1.807) is 7.11 Å². The third-order valence-electron chi connectivity index (χ3n) is 4.70. The van der Waals surface area contributed by atoms with Gasteiger partial charge in [-0.05, 0) is 38.3 Å². The Morgan fingerprint density at radius 3 is 2.69 bits per heavy atom. The van der Waals surface area contributed by atoms with E-state index >= 15 is 0 Å². The summed E-state index contributed by atoms with van der Waals surface area (Å²) in [6.07, 6.45) is 1.13. The maximum absolute atomic E-state index is 5.89. The molecule has 166 valence electrons. The van der Waals surface area contributed by atoms with Crippen molar-refractivity contribution >= 4 is 29.9 Å². The number of methoxy groups -OCH3 is 1. The number of halogens is 1. The second kappa shape index (κ2) is 13.4. The van der Waals surface area contributed by atoms with Crippen LogP contribution in [0.1, 0.15) is 38.3 Å². The summed E-state index contributed by atoms with van der Waals surface area (Å²) in [5.41, 5.74) is 2.30. The molecule has 6 nitrogen and oxygen atoms in total. The van der Waals surface area contributed by atoms with Crippen LogP contribution in [-0.2, 0) is 27.4 Å². The van der Waals surface area contributed by atoms with Crippen LogP contribution in [0, 0.1) is 5.92 Å². The lowest BCUT2D eigenvalue weighted by molar-refractivity contribution is -0.0149. The highest BCUT2D eigenvalue weighted by molar-refractivity contribution is 14.0. The minimum absolute atomic E-state index is 0. The first kappa shape index (κ1) is 26.1. The molecule has 1 aromatic carbocycles. The second-order valence-electron chi connectivity index (χ2n) is 8.29. The molecule has 7 heteroatoms. The zero-order valence-corrected chi connectivity index (χ0v) is 20.9. The minimum atomic E-state index is -0.129. The number of nitrogens with one attached hydrogen (secondary N) is 1. The number of nitrogens with zero attached hydrogens (tertiary/aromatic N) is 2. The smallest absolute Gasteiger partial charge is 0.193 e. The van der Waals surface area contributed by atoms with Gasteiger partial charge in [0.15, 0.2) is 5.96 Å². The van der Waals surface area contributed by atoms with Gasteiger partial charge in [0.25, 0.3) is 0 Å². The van der Waals surface area contributed by atoms with Gasteiger partial charge in [-0.3, -0.25) is 4.99 Å². The zero-order chi connectivity index (χ0) is 20.4. The number of ether oxygens (including phenoxy) is 3. The zero-order valence-electron chi connectivity index (χ0n) is 18.6. The van der Waals surface area contributed by atoms with Crippen molar-refractivity contribution in [3.05, 3.63) is 35.4 Å². The molecule has 0 saturated carbocycles. The molecule has 1 aliphatic heterocycles. The maximum atomic E-state index is 5.89. The predicted molar refractivity (Wildman–Crippen MR) is 129 cm³/mol. The Balaban J connectivity index is 0.00000420. The van der Waals surface area contributed by atoms with Crippen LogP contribution in [0.2, 0.25) is 0 Å². The van der Waals surface area contributed by atoms with Crippen molar-refractivity contribution < 1.29 is 14.2 Å². The number of benzene rings is 1. The SMILES string of the molecule is CN=C(NCc1cccc(COC(C)(C)C)c1)N1CCC(COCCOC)C1.I. The highest BCUT2D eigenvalue weighted by Gasteiger charge is 2.24. The van der Waals surface area contributed by atoms with Crippen LogP contribution in [0.15, 0.2) is 29.3 Å². The molecule has 1 saturated heterocycles. The molecule has 0 amide bonds. The van der Waals surface area contributed by atoms with Gasteiger partial charge >= 0.3 is 0 Å². The summed E-state index contributed by atoms with van der Waals surface area (Å²) in [6, 6.07) is 8.53. The standard InChI is InChI=1S/C22H37N3O3.HI/c1-22(2,3)28-17-19-8-6-7-18(13-19)14-24-21(23-4)25-10-9-20(15-25)16-27-12-11-26-5;/h6-8,13,20H,9-12,14-17H2,1-5H3,(H,23,24);1H. The Kier molecular flexibility index (Phi) is 12.1. The molecule has 2 rings (SSSR count). The lowest BCUT2D eigenvalue weighted by atomic mass is 10.1. The monoisotopic (exact) mass is 519 g/mol. The summed E-state index contributed by atoms with van der Waals surface area (Å²) in [5.74, 6) is 1.50. The molecule has 0 bridgehead atoms. The first-order valence-electron chi connectivity index (χ1n) is 10.2. The molecular formula is C22H38IN3O3. The average Bonchev–Trinajstić information content (AvgIpc) is 3.13. The van der Waals surface area contributed by atoms with E-state index < -0.39 is 0 Å². The molecule has 1 aromatic rings. The van der Waals surface area contributed by atoms with Crippen LogP contribution in [0.4, 0.5) is 0 Å². The van der Waals surface area contributed by atoms with Gasteiger partial charge in [0.05, 0.1) is 32.0 Å². The molecule has 1 N–H and O–H groups in total. The molecule has 0 radical (unpaired) electrons. The fourth-order valence-electron chi connectivity index (χ4n) is 3.20. The lowest BCUT2D eigenvalue weighted by Crippen LogP contribution is -2.39. The van der Waals surface area contributed by atoms with Gasteiger partial charge in [-0.25, -0.2) is 0 Å². The number of likely N-dealkylation sites (tertiary alicyclic amines) is 1. The van der Waals surface area contributed by atoms with E-state index in [0.29, 0.717) is 25.7 Å². The molecule has 1 heterocycles. The predicted octanol–water partition coefficient (Wildman–Crippen LogP) is 3.68. The highest BCUT2D eigenvalue weighted by Crippen LogP contribution is 2.17. The molecular weight excluding hydrogens is 481 g/mol. The van der Waals surface area contributed by atoms with Crippen LogP contribution >= 0.6 is 24.0 Å². The quantitative estimate of drug-likeness (QED) is 0.234. The average molecular weight is 519 g/mol. The molecule has 1 unspecified atom stereocenters. The third-order valence-corrected chi connectivity index (χ3v) is 4.70. The Hall–Kier alpha value is -0.900. The van der Waals surface area contributed by atoms with Gasteiger partial charge in [-0.2, -0.15) is 0 Å². The van der Waals surface area contributed by atoms with E-state index in [1.807, 2.05) is 7.05 Å². The minimum Gasteiger partial charge on any atom is -0.382 e. The lowest BCUT2D eigenvalue weighted by Gasteiger charge is -2.22. The maximum Gasteiger partial charge on any atom is 0.193 e. The van der Waals surface area contributed by atoms with Crippen molar-refractivity contribution in [3.63, 3.8) is 0 Å². The van der Waals surface area contributed by atoms with Gasteiger partial charge < -0.3 is 24.4 Å². The summed E-state index contributed by atoms with van der Waals surface area (Å²) in [6.45, 7) is 11.7. The molecule has 1 aliphatic rings. The van der Waals surface area contributed by atoms with Gasteiger partial charge in [0.2, 0.25) is 0 Å². The Labute approximate surface area is 193 Å². The first-order chi connectivity index (χ1) is 13.4. The number of hydrogen-bond donors (Lipinski definition) is 1. The molecule has 29 heavy (non-hydrogen) atoms. The van der Waals surface area contributed by atoms with Crippen LogP contribution in [0.5, 0.6) is 0 Å². The number of guanidine groups is 1. The van der Waals surface area contributed by atoms with Crippen LogP contribution in [0.25, 0.3) is 0 Å². The summed E-state index contributed by atoms with van der Waals surface area (Å²) in [5, 5.41) is 3.50. The van der Waals surface area contributed by atoms with E-state index in [9.17, 15) is 0 Å². The summed E-state index contributed by atoms with van der Waals surface area (Å²) in [7, 11) is 3.54. The molecule has 1 atom stereocenters. The van der Waals surface area contributed by atoms with Crippen molar-refractivity contribution in [1.82, 2.24) is 10.2 Å². The van der Waals surface area contributed by atoms with E-state index in [0.717, 1.165) is 38.6 Å². The van der Waals surface area contributed by atoms with Gasteiger partial charge in [-0.15, -0.1) is 24.0 Å². The summed E-state index contributed by atoms with van der Waals surface area (Å²) >= 11 is 0. The van der Waals surface area contributed by atoms with Gasteiger partial charge in [0.1, 0.15) is 0 Å². The van der Waals surface area contributed by atoms with Crippen LogP contribution < -0.4 is 5.32 Å². The number of hydrogen-bond acceptors (Lipinski definition) is 4. The first-order valence-corrected chi connectivity index (χ1v) is 10.2. The summed E-state index contributed by atoms with van der Waals surface area (Å²) < 4.78 is 16.6. The van der Waals surface area contributed by atoms with E-state index in [2.05, 4.69) is 60.2 Å². The van der Waals surface area contributed by atoms with Crippen molar-refractivity contribution in [2.75, 3.05) is 47.1 Å². The Morgan fingerprint density at radius 2 is 2.00 bits per heavy atom. The van der Waals surface area contributed by atoms with Crippen molar-refractivity contribution in [2.24, 2.45) is 10.9 Å². The largest absolute Gasteiger partial charge is 0.382 e. The van der Waals surface area contributed by atoms with Crippen LogP contribution in [-0.4, -0.2) is 63.5 Å². The van der Waals surface area contributed by atoms with E-state index in [4.69, 9.17) is 14.2 Å². The number of aliphatic imine (C=N–C) groups is 1. The van der Waals surface area contributed by atoms with Gasteiger partial charge in [-0.1, -0.05) is 24.3 Å². The third kappa shape index (κ3) is 10.1. The normalized spacial score (nSPS) is 17.3. The number of rotatable bonds is 9. The van der Waals surface area contributed by atoms with Crippen molar-refractivity contribution in [2.45, 2.75) is 45.9 Å². The van der Waals surface area contributed by atoms with Crippen molar-refractivity contribution in [1.29, 1.82) is 0 Å². The molecule has 0 aliphatic carbocycles. The Morgan fingerprint density at radius 1 is 1.24 bits per heavy atom. The topological polar surface area (TPSA) is 55.3 Å². The fourth-order valence-corrected chi connectivity index (χ4v) is 3.20. The molecule has 0 spiro atoms. The highest BCUT2D eigenvalue weighted by atomic mass is 127. The fraction of sp³-hybridized carbons (Fsp3) is 0.682. The molecule has 0 aromatic heterocycles. The van der Waals surface area contributed by atoms with E-state index in [1.165, 1.54) is 11.1 Å². The van der Waals surface area contributed by atoms with Crippen molar-refractivity contribution in [3.8, 4) is 0 Å². The Bertz CT molecular complexity index is 620. The van der Waals surface area contributed by atoms with E-state index in [-0.39, 0.29) is 29.6 Å². The summed E-state index contributed by atoms with van der Waals surface area (Å²) in [4.78, 5) is 6.78. The van der Waals surface area contributed by atoms with Gasteiger partial charge in [0, 0.05) is 39.7 Å². The van der Waals surface area contributed by atoms with Crippen LogP contribution in [0.3, 0.4) is 0 Å². The molecule has 1 fully saturated rings. The second-order valence-corrected chi connectivity index (χ2v) is 8.29.